The van der Waals surface area contributed by atoms with E-state index in [9.17, 15) is 9.59 Å². The third kappa shape index (κ3) is 2.52. The summed E-state index contributed by atoms with van der Waals surface area (Å²) in [6.45, 7) is 7.77. The summed E-state index contributed by atoms with van der Waals surface area (Å²) in [7, 11) is 0. The summed E-state index contributed by atoms with van der Waals surface area (Å²) in [5.74, 6) is -0.628. The second-order valence-electron chi connectivity index (χ2n) is 6.50. The number of allylic oxidation sites excluding steroid dienone is 1. The first-order valence-corrected chi connectivity index (χ1v) is 7.52. The largest absolute Gasteiger partial charge is 0.455 e. The van der Waals surface area contributed by atoms with E-state index in [1.165, 1.54) is 0 Å². The standard InChI is InChI=1S/C16H21NO5/c1-8-5-4-6-16(3)13(22-16)12-10(9(2)14(18)21-12)7-11(8)20-15(17)19/h5,10-13H,2,4,6-7H2,1,3H3,(H2,17,19)/b8-5+/t10-,11-,12-,13+,16+/m0/s1. The van der Waals surface area contributed by atoms with Crippen LogP contribution in [0.1, 0.15) is 33.1 Å². The van der Waals surface area contributed by atoms with Crippen LogP contribution in [0.5, 0.6) is 0 Å². The van der Waals surface area contributed by atoms with E-state index >= 15 is 0 Å². The lowest BCUT2D eigenvalue weighted by Crippen LogP contribution is -2.33. The molecule has 0 aromatic rings. The number of primary amides is 1. The molecular formula is C16H21NO5. The molecule has 2 N–H and O–H groups in total. The van der Waals surface area contributed by atoms with Crippen molar-refractivity contribution >= 4 is 12.1 Å². The Hall–Kier alpha value is -1.82. The molecule has 0 aromatic carbocycles. The summed E-state index contributed by atoms with van der Waals surface area (Å²) in [6, 6.07) is 0. The Balaban J connectivity index is 1.91. The van der Waals surface area contributed by atoms with Crippen LogP contribution in [0.2, 0.25) is 0 Å². The molecule has 0 bridgehead atoms. The van der Waals surface area contributed by atoms with Crippen molar-refractivity contribution in [3.05, 3.63) is 23.8 Å². The molecule has 5 atom stereocenters. The van der Waals surface area contributed by atoms with Crippen molar-refractivity contribution in [3.63, 3.8) is 0 Å². The van der Waals surface area contributed by atoms with Crippen LogP contribution in [0.25, 0.3) is 0 Å². The monoisotopic (exact) mass is 307 g/mol. The van der Waals surface area contributed by atoms with Crippen LogP contribution >= 0.6 is 0 Å². The zero-order valence-corrected chi connectivity index (χ0v) is 12.8. The van der Waals surface area contributed by atoms with Gasteiger partial charge in [0.2, 0.25) is 0 Å². The Kier molecular flexibility index (Phi) is 3.51. The Bertz CT molecular complexity index is 569. The van der Waals surface area contributed by atoms with E-state index in [1.54, 1.807) is 0 Å². The molecule has 0 unspecified atom stereocenters. The minimum absolute atomic E-state index is 0.123. The molecule has 2 saturated heterocycles. The highest BCUT2D eigenvalue weighted by Crippen LogP contribution is 2.49. The van der Waals surface area contributed by atoms with Crippen LogP contribution in [-0.2, 0) is 19.0 Å². The van der Waals surface area contributed by atoms with E-state index in [0.29, 0.717) is 12.0 Å². The van der Waals surface area contributed by atoms with Gasteiger partial charge < -0.3 is 19.9 Å². The predicted molar refractivity (Wildman–Crippen MR) is 77.9 cm³/mol. The van der Waals surface area contributed by atoms with Gasteiger partial charge in [0.1, 0.15) is 18.3 Å². The van der Waals surface area contributed by atoms with Gasteiger partial charge in [-0.15, -0.1) is 0 Å². The minimum atomic E-state index is -0.824. The summed E-state index contributed by atoms with van der Waals surface area (Å²) >= 11 is 0. The summed E-state index contributed by atoms with van der Waals surface area (Å²) in [4.78, 5) is 23.0. The fourth-order valence-corrected chi connectivity index (χ4v) is 3.47. The van der Waals surface area contributed by atoms with Crippen LogP contribution in [0.3, 0.4) is 0 Å². The molecule has 0 aromatic heterocycles. The van der Waals surface area contributed by atoms with Crippen LogP contribution in [0.15, 0.2) is 23.8 Å². The topological polar surface area (TPSA) is 91.2 Å². The normalized spacial score (nSPS) is 43.3. The summed E-state index contributed by atoms with van der Waals surface area (Å²) < 4.78 is 16.5. The molecule has 6 nitrogen and oxygen atoms in total. The molecular weight excluding hydrogens is 286 g/mol. The van der Waals surface area contributed by atoms with Crippen LogP contribution in [-0.4, -0.2) is 36.0 Å². The van der Waals surface area contributed by atoms with Crippen LogP contribution in [0, 0.1) is 5.92 Å². The lowest BCUT2D eigenvalue weighted by Gasteiger charge is -2.25. The molecule has 6 heteroatoms. The molecule has 2 aliphatic heterocycles. The van der Waals surface area contributed by atoms with Gasteiger partial charge in [-0.2, -0.15) is 0 Å². The van der Waals surface area contributed by atoms with Crippen molar-refractivity contribution in [2.45, 2.75) is 57.0 Å². The van der Waals surface area contributed by atoms with E-state index in [1.807, 2.05) is 19.9 Å². The van der Waals surface area contributed by atoms with Crippen molar-refractivity contribution in [2.24, 2.45) is 11.7 Å². The Morgan fingerprint density at radius 3 is 2.95 bits per heavy atom. The molecule has 2 fully saturated rings. The van der Waals surface area contributed by atoms with Crippen molar-refractivity contribution in [2.75, 3.05) is 0 Å². The number of amides is 1. The lowest BCUT2D eigenvalue weighted by molar-refractivity contribution is -0.140. The maximum Gasteiger partial charge on any atom is 0.405 e. The fourth-order valence-electron chi connectivity index (χ4n) is 3.47. The summed E-state index contributed by atoms with van der Waals surface area (Å²) in [6.07, 6.45) is 2.31. The Labute approximate surface area is 129 Å². The van der Waals surface area contributed by atoms with E-state index in [-0.39, 0.29) is 23.7 Å². The molecule has 120 valence electrons. The highest BCUT2D eigenvalue weighted by atomic mass is 16.6. The number of epoxide rings is 1. The smallest absolute Gasteiger partial charge is 0.405 e. The van der Waals surface area contributed by atoms with Crippen molar-refractivity contribution < 1.29 is 23.8 Å². The quantitative estimate of drug-likeness (QED) is 0.345. The third-order valence-corrected chi connectivity index (χ3v) is 4.93. The maximum absolute atomic E-state index is 11.9. The Morgan fingerprint density at radius 2 is 2.27 bits per heavy atom. The molecule has 1 amide bonds. The number of esters is 1. The average Bonchev–Trinajstić information content (AvgIpc) is 3.02. The van der Waals surface area contributed by atoms with Crippen molar-refractivity contribution in [3.8, 4) is 0 Å². The Morgan fingerprint density at radius 1 is 1.55 bits per heavy atom. The zero-order chi connectivity index (χ0) is 16.1. The highest BCUT2D eigenvalue weighted by molar-refractivity contribution is 5.91. The summed E-state index contributed by atoms with van der Waals surface area (Å²) in [5, 5.41) is 0. The van der Waals surface area contributed by atoms with Gasteiger partial charge in [-0.1, -0.05) is 12.7 Å². The third-order valence-electron chi connectivity index (χ3n) is 4.93. The van der Waals surface area contributed by atoms with E-state index < -0.39 is 18.2 Å². The SMILES string of the molecule is C=C1C(=O)O[C@@H]2[C@H]3O[C@]3(C)CC/C=C(\C)[C@@H](OC(N)=O)C[C@@H]12. The van der Waals surface area contributed by atoms with Crippen LogP contribution < -0.4 is 5.73 Å². The average molecular weight is 307 g/mol. The van der Waals surface area contributed by atoms with Gasteiger partial charge in [0.05, 0.1) is 5.60 Å². The van der Waals surface area contributed by atoms with Gasteiger partial charge in [-0.3, -0.25) is 0 Å². The minimum Gasteiger partial charge on any atom is -0.455 e. The first-order valence-electron chi connectivity index (χ1n) is 7.52. The molecule has 2 heterocycles. The van der Waals surface area contributed by atoms with Crippen molar-refractivity contribution in [1.29, 1.82) is 0 Å². The van der Waals surface area contributed by atoms with Crippen molar-refractivity contribution in [1.82, 2.24) is 0 Å². The van der Waals surface area contributed by atoms with Gasteiger partial charge in [0, 0.05) is 11.5 Å². The zero-order valence-electron chi connectivity index (χ0n) is 12.8. The maximum atomic E-state index is 11.9. The number of hydrogen-bond donors (Lipinski definition) is 1. The molecule has 3 rings (SSSR count). The van der Waals surface area contributed by atoms with E-state index in [0.717, 1.165) is 18.4 Å². The van der Waals surface area contributed by atoms with Gasteiger partial charge in [0.25, 0.3) is 0 Å². The van der Waals surface area contributed by atoms with E-state index in [4.69, 9.17) is 19.9 Å². The van der Waals surface area contributed by atoms with E-state index in [2.05, 4.69) is 6.58 Å². The molecule has 3 aliphatic rings. The second-order valence-corrected chi connectivity index (χ2v) is 6.50. The molecule has 0 spiro atoms. The fraction of sp³-hybridized carbons (Fsp3) is 0.625. The first kappa shape index (κ1) is 15.1. The molecule has 22 heavy (non-hydrogen) atoms. The number of fused-ring (bicyclic) bond motifs is 3. The van der Waals surface area contributed by atoms with Crippen LogP contribution in [0.4, 0.5) is 4.79 Å². The molecule has 1 aliphatic carbocycles. The first-order chi connectivity index (χ1) is 10.3. The number of nitrogens with two attached hydrogens (primary N) is 1. The number of hydrogen-bond acceptors (Lipinski definition) is 5. The highest BCUT2D eigenvalue weighted by Gasteiger charge is 2.61. The van der Waals surface area contributed by atoms with Gasteiger partial charge in [-0.25, -0.2) is 9.59 Å². The lowest BCUT2D eigenvalue weighted by atomic mass is 9.83. The molecule has 0 saturated carbocycles. The number of ether oxygens (including phenoxy) is 3. The summed E-state index contributed by atoms with van der Waals surface area (Å²) in [5.41, 5.74) is 6.24. The van der Waals surface area contributed by atoms with Gasteiger partial charge >= 0.3 is 12.1 Å². The van der Waals surface area contributed by atoms with Gasteiger partial charge in [0.15, 0.2) is 0 Å². The number of carbonyl (C=O) groups excluding carboxylic acids is 2. The van der Waals surface area contributed by atoms with Gasteiger partial charge in [-0.05, 0) is 38.7 Å². The second kappa shape index (κ2) is 5.12. The number of carbonyl (C=O) groups is 2. The predicted octanol–water partition coefficient (Wildman–Crippen LogP) is 1.84. The number of rotatable bonds is 1. The molecule has 0 radical (unpaired) electrons.